The van der Waals surface area contributed by atoms with Gasteiger partial charge in [0, 0.05) is 36.0 Å². The molecular formula is C24H31N5O. The van der Waals surface area contributed by atoms with Crippen molar-refractivity contribution in [2.24, 2.45) is 5.92 Å². The Balaban J connectivity index is 1.37. The molecule has 2 aliphatic heterocycles. The van der Waals surface area contributed by atoms with Crippen LogP contribution in [0.2, 0.25) is 0 Å². The molecule has 6 nitrogen and oxygen atoms in total. The van der Waals surface area contributed by atoms with Gasteiger partial charge in [-0.3, -0.25) is 4.79 Å². The predicted octanol–water partition coefficient (Wildman–Crippen LogP) is 2.72. The number of aryl methyl sites for hydroxylation is 1. The second-order valence-electron chi connectivity index (χ2n) is 8.83. The Labute approximate surface area is 178 Å². The van der Waals surface area contributed by atoms with Crippen LogP contribution in [0.3, 0.4) is 0 Å². The van der Waals surface area contributed by atoms with Gasteiger partial charge in [0.15, 0.2) is 5.82 Å². The normalized spacial score (nSPS) is 22.0. The lowest BCUT2D eigenvalue weighted by Gasteiger charge is -2.35. The highest BCUT2D eigenvalue weighted by Crippen LogP contribution is 2.33. The van der Waals surface area contributed by atoms with Crippen LogP contribution in [-0.2, 0) is 17.6 Å². The maximum Gasteiger partial charge on any atom is 0.225 e. The molecule has 1 aliphatic carbocycles. The van der Waals surface area contributed by atoms with E-state index in [0.29, 0.717) is 6.04 Å². The van der Waals surface area contributed by atoms with E-state index in [1.54, 1.807) is 0 Å². The number of benzene rings is 1. The zero-order valence-corrected chi connectivity index (χ0v) is 17.6. The van der Waals surface area contributed by atoms with Crippen molar-refractivity contribution in [1.29, 1.82) is 0 Å². The predicted molar refractivity (Wildman–Crippen MR) is 118 cm³/mol. The second-order valence-corrected chi connectivity index (χ2v) is 8.83. The molecule has 0 saturated carbocycles. The molecule has 1 aromatic heterocycles. The molecule has 3 heterocycles. The lowest BCUT2D eigenvalue weighted by molar-refractivity contribution is -0.126. The molecule has 5 rings (SSSR count). The fourth-order valence-electron chi connectivity index (χ4n) is 5.06. The molecule has 0 radical (unpaired) electrons. The van der Waals surface area contributed by atoms with Crippen molar-refractivity contribution >= 4 is 11.7 Å². The van der Waals surface area contributed by atoms with E-state index in [-0.39, 0.29) is 11.8 Å². The van der Waals surface area contributed by atoms with Gasteiger partial charge in [0.2, 0.25) is 5.91 Å². The third kappa shape index (κ3) is 4.06. The summed E-state index contributed by atoms with van der Waals surface area (Å²) in [6.45, 7) is 3.72. The minimum absolute atomic E-state index is 0.0424. The molecule has 158 valence electrons. The number of fused-ring (bicyclic) bond motifs is 1. The van der Waals surface area contributed by atoms with Gasteiger partial charge in [0.05, 0.1) is 5.92 Å². The van der Waals surface area contributed by atoms with Crippen molar-refractivity contribution in [3.8, 4) is 11.4 Å². The lowest BCUT2D eigenvalue weighted by Crippen LogP contribution is -2.49. The van der Waals surface area contributed by atoms with E-state index in [1.807, 2.05) is 18.2 Å². The van der Waals surface area contributed by atoms with E-state index in [4.69, 9.17) is 9.97 Å². The molecule has 1 amide bonds. The highest BCUT2D eigenvalue weighted by molar-refractivity contribution is 5.80. The summed E-state index contributed by atoms with van der Waals surface area (Å²) in [4.78, 5) is 25.2. The van der Waals surface area contributed by atoms with Crippen molar-refractivity contribution < 1.29 is 4.79 Å². The summed E-state index contributed by atoms with van der Waals surface area (Å²) in [5.41, 5.74) is 3.56. The van der Waals surface area contributed by atoms with Crippen LogP contribution in [0.5, 0.6) is 0 Å². The van der Waals surface area contributed by atoms with Gasteiger partial charge in [0.1, 0.15) is 5.82 Å². The minimum atomic E-state index is 0.0424. The van der Waals surface area contributed by atoms with E-state index in [0.717, 1.165) is 88.3 Å². The van der Waals surface area contributed by atoms with Crippen LogP contribution >= 0.6 is 0 Å². The first kappa shape index (κ1) is 19.5. The molecule has 6 heteroatoms. The largest absolute Gasteiger partial charge is 0.355 e. The number of anilines is 1. The molecule has 0 bridgehead atoms. The van der Waals surface area contributed by atoms with Crippen molar-refractivity contribution in [2.75, 3.05) is 31.1 Å². The molecule has 3 aliphatic rings. The smallest absolute Gasteiger partial charge is 0.225 e. The van der Waals surface area contributed by atoms with Crippen LogP contribution < -0.4 is 15.5 Å². The Morgan fingerprint density at radius 3 is 2.70 bits per heavy atom. The number of hydrogen-bond acceptors (Lipinski definition) is 5. The molecule has 2 saturated heterocycles. The first-order chi connectivity index (χ1) is 14.8. The maximum absolute atomic E-state index is 13.0. The minimum Gasteiger partial charge on any atom is -0.355 e. The Morgan fingerprint density at radius 2 is 1.87 bits per heavy atom. The second kappa shape index (κ2) is 8.72. The SMILES string of the molecule is O=C(NC1CCNCC1)[C@@H]1CCCN(c2nc(-c3ccccc3)nc3c2CCC3)C1. The first-order valence-corrected chi connectivity index (χ1v) is 11.5. The van der Waals surface area contributed by atoms with E-state index >= 15 is 0 Å². The Bertz CT molecular complexity index is 894. The highest BCUT2D eigenvalue weighted by Gasteiger charge is 2.31. The molecule has 2 fully saturated rings. The van der Waals surface area contributed by atoms with E-state index < -0.39 is 0 Å². The van der Waals surface area contributed by atoms with Crippen molar-refractivity contribution in [3.05, 3.63) is 41.6 Å². The molecule has 0 spiro atoms. The number of carbonyl (C=O) groups excluding carboxylic acids is 1. The number of carbonyl (C=O) groups is 1. The van der Waals surface area contributed by atoms with Crippen LogP contribution in [0.15, 0.2) is 30.3 Å². The molecule has 1 aromatic carbocycles. The third-order valence-corrected chi connectivity index (χ3v) is 6.72. The molecular weight excluding hydrogens is 374 g/mol. The average Bonchev–Trinajstić information content (AvgIpc) is 3.28. The number of piperidine rings is 2. The quantitative estimate of drug-likeness (QED) is 0.819. The summed E-state index contributed by atoms with van der Waals surface area (Å²) in [7, 11) is 0. The summed E-state index contributed by atoms with van der Waals surface area (Å²) < 4.78 is 0. The number of rotatable bonds is 4. The van der Waals surface area contributed by atoms with E-state index in [2.05, 4.69) is 27.7 Å². The fraction of sp³-hybridized carbons (Fsp3) is 0.542. The van der Waals surface area contributed by atoms with Gasteiger partial charge < -0.3 is 15.5 Å². The average molecular weight is 406 g/mol. The van der Waals surface area contributed by atoms with E-state index in [9.17, 15) is 4.79 Å². The van der Waals surface area contributed by atoms with Crippen LogP contribution in [0.4, 0.5) is 5.82 Å². The van der Waals surface area contributed by atoms with Crippen LogP contribution in [-0.4, -0.2) is 48.1 Å². The Morgan fingerprint density at radius 1 is 1.03 bits per heavy atom. The zero-order chi connectivity index (χ0) is 20.3. The highest BCUT2D eigenvalue weighted by atomic mass is 16.2. The van der Waals surface area contributed by atoms with Gasteiger partial charge >= 0.3 is 0 Å². The fourth-order valence-corrected chi connectivity index (χ4v) is 5.06. The summed E-state index contributed by atoms with van der Waals surface area (Å²) in [6.07, 6.45) is 7.27. The standard InChI is InChI=1S/C24H31N5O/c30-24(26-19-11-13-25-14-12-19)18-8-5-15-29(16-18)23-20-9-4-10-21(20)27-22(28-23)17-6-2-1-3-7-17/h1-3,6-7,18-19,25H,4-5,8-16H2,(H,26,30)/t18-/m1/s1. The van der Waals surface area contributed by atoms with Gasteiger partial charge in [-0.05, 0) is 58.0 Å². The topological polar surface area (TPSA) is 70.2 Å². The number of hydrogen-bond donors (Lipinski definition) is 2. The summed E-state index contributed by atoms with van der Waals surface area (Å²) in [5, 5.41) is 6.68. The first-order valence-electron chi connectivity index (χ1n) is 11.5. The zero-order valence-electron chi connectivity index (χ0n) is 17.6. The van der Waals surface area contributed by atoms with Crippen molar-refractivity contribution in [2.45, 2.75) is 51.0 Å². The molecule has 1 atom stereocenters. The van der Waals surface area contributed by atoms with Crippen LogP contribution in [0.25, 0.3) is 11.4 Å². The molecule has 2 N–H and O–H groups in total. The van der Waals surface area contributed by atoms with Crippen molar-refractivity contribution in [1.82, 2.24) is 20.6 Å². The summed E-state index contributed by atoms with van der Waals surface area (Å²) in [5.74, 6) is 2.14. The molecule has 30 heavy (non-hydrogen) atoms. The summed E-state index contributed by atoms with van der Waals surface area (Å²) >= 11 is 0. The number of aromatic nitrogens is 2. The Hall–Kier alpha value is -2.47. The van der Waals surface area contributed by atoms with Crippen LogP contribution in [0, 0.1) is 5.92 Å². The lowest BCUT2D eigenvalue weighted by atomic mass is 9.95. The number of nitrogens with zero attached hydrogens (tertiary/aromatic N) is 3. The van der Waals surface area contributed by atoms with Gasteiger partial charge in [-0.1, -0.05) is 30.3 Å². The number of nitrogens with one attached hydrogen (secondary N) is 2. The molecule has 0 unspecified atom stereocenters. The van der Waals surface area contributed by atoms with Gasteiger partial charge in [0.25, 0.3) is 0 Å². The summed E-state index contributed by atoms with van der Waals surface area (Å²) in [6, 6.07) is 10.6. The maximum atomic E-state index is 13.0. The van der Waals surface area contributed by atoms with Gasteiger partial charge in [-0.15, -0.1) is 0 Å². The van der Waals surface area contributed by atoms with Crippen LogP contribution in [0.1, 0.15) is 43.4 Å². The third-order valence-electron chi connectivity index (χ3n) is 6.72. The van der Waals surface area contributed by atoms with E-state index in [1.165, 1.54) is 11.3 Å². The monoisotopic (exact) mass is 405 g/mol. The van der Waals surface area contributed by atoms with Gasteiger partial charge in [-0.2, -0.15) is 0 Å². The molecule has 2 aromatic rings. The van der Waals surface area contributed by atoms with Gasteiger partial charge in [-0.25, -0.2) is 9.97 Å². The van der Waals surface area contributed by atoms with Crippen molar-refractivity contribution in [3.63, 3.8) is 0 Å². The Kier molecular flexibility index (Phi) is 5.67. The number of amides is 1.